The molecule has 1 fully saturated rings. The second-order valence-electron chi connectivity index (χ2n) is 4.65. The molecule has 1 rings (SSSR count). The van der Waals surface area contributed by atoms with E-state index in [2.05, 4.69) is 12.2 Å². The zero-order valence-corrected chi connectivity index (χ0v) is 9.98. The van der Waals surface area contributed by atoms with Gasteiger partial charge >= 0.3 is 0 Å². The van der Waals surface area contributed by atoms with Crippen LogP contribution in [0, 0.1) is 5.92 Å². The number of aliphatic hydroxyl groups is 2. The predicted molar refractivity (Wildman–Crippen MR) is 62.1 cm³/mol. The Morgan fingerprint density at radius 2 is 2.31 bits per heavy atom. The Hall–Kier alpha value is -0.450. The zero-order chi connectivity index (χ0) is 12.0. The maximum atomic E-state index is 11.8. The topological polar surface area (TPSA) is 69.6 Å². The van der Waals surface area contributed by atoms with E-state index in [1.54, 1.807) is 0 Å². The first-order valence-corrected chi connectivity index (χ1v) is 6.22. The molecule has 0 spiro atoms. The van der Waals surface area contributed by atoms with E-state index >= 15 is 0 Å². The summed E-state index contributed by atoms with van der Waals surface area (Å²) in [5.74, 6) is 0.823. The minimum absolute atomic E-state index is 0.0374. The average Bonchev–Trinajstić information content (AvgIpc) is 2.35. The molecule has 0 bridgehead atoms. The number of hydrogen-bond acceptors (Lipinski definition) is 4. The van der Waals surface area contributed by atoms with E-state index in [0.717, 1.165) is 25.8 Å². The lowest BCUT2D eigenvalue weighted by Crippen LogP contribution is -2.43. The number of hydrogen-bond donors (Lipinski definition) is 3. The highest BCUT2D eigenvalue weighted by Gasteiger charge is 2.25. The molecule has 1 heterocycles. The minimum Gasteiger partial charge on any atom is -0.394 e. The molecule has 0 radical (unpaired) electrons. The second kappa shape index (κ2) is 6.99. The summed E-state index contributed by atoms with van der Waals surface area (Å²) in [5.41, 5.74) is 0. The smallest absolute Gasteiger partial charge is 0.149 e. The van der Waals surface area contributed by atoms with Crippen LogP contribution in [0.15, 0.2) is 0 Å². The third-order valence-corrected chi connectivity index (χ3v) is 3.41. The Morgan fingerprint density at radius 3 is 2.94 bits per heavy atom. The van der Waals surface area contributed by atoms with E-state index in [-0.39, 0.29) is 18.4 Å². The second-order valence-corrected chi connectivity index (χ2v) is 4.65. The first-order chi connectivity index (χ1) is 7.67. The van der Waals surface area contributed by atoms with Crippen LogP contribution in [0.1, 0.15) is 39.0 Å². The van der Waals surface area contributed by atoms with Gasteiger partial charge in [0.2, 0.25) is 0 Å². The lowest BCUT2D eigenvalue weighted by Gasteiger charge is -2.28. The Labute approximate surface area is 97.0 Å². The summed E-state index contributed by atoms with van der Waals surface area (Å²) in [6.07, 6.45) is 3.17. The van der Waals surface area contributed by atoms with Crippen LogP contribution in [0.5, 0.6) is 0 Å². The van der Waals surface area contributed by atoms with Crippen molar-refractivity contribution in [1.29, 1.82) is 0 Å². The van der Waals surface area contributed by atoms with Crippen molar-refractivity contribution in [3.05, 3.63) is 0 Å². The molecule has 0 aromatic heterocycles. The molecule has 1 aliphatic heterocycles. The Morgan fingerprint density at radius 1 is 1.56 bits per heavy atom. The lowest BCUT2D eigenvalue weighted by atomic mass is 9.87. The highest BCUT2D eigenvalue weighted by molar-refractivity contribution is 5.84. The van der Waals surface area contributed by atoms with Crippen LogP contribution in [0.4, 0.5) is 0 Å². The molecule has 0 aromatic rings. The first-order valence-electron chi connectivity index (χ1n) is 6.22. The van der Waals surface area contributed by atoms with Gasteiger partial charge in [-0.15, -0.1) is 0 Å². The molecule has 3 unspecified atom stereocenters. The third-order valence-electron chi connectivity index (χ3n) is 3.41. The molecule has 0 saturated carbocycles. The SMILES string of the molecule is CCC1CCNC(C(=O)CCC(O)CO)C1. The molecule has 1 aliphatic rings. The summed E-state index contributed by atoms with van der Waals surface area (Å²) in [7, 11) is 0. The summed E-state index contributed by atoms with van der Waals surface area (Å²) in [6.45, 7) is 2.81. The molecule has 0 aromatic carbocycles. The number of piperidine rings is 1. The summed E-state index contributed by atoms with van der Waals surface area (Å²) in [4.78, 5) is 11.8. The number of aliphatic hydroxyl groups excluding tert-OH is 2. The van der Waals surface area contributed by atoms with Gasteiger partial charge in [-0.25, -0.2) is 0 Å². The molecule has 1 saturated heterocycles. The van der Waals surface area contributed by atoms with Crippen molar-refractivity contribution in [3.63, 3.8) is 0 Å². The summed E-state index contributed by atoms with van der Waals surface area (Å²) in [6, 6.07) is -0.0374. The van der Waals surface area contributed by atoms with E-state index in [1.807, 2.05) is 0 Å². The Kier molecular flexibility index (Phi) is 5.95. The van der Waals surface area contributed by atoms with E-state index in [1.165, 1.54) is 0 Å². The molecular weight excluding hydrogens is 206 g/mol. The van der Waals surface area contributed by atoms with Gasteiger partial charge in [0, 0.05) is 6.42 Å². The number of rotatable bonds is 6. The molecule has 3 atom stereocenters. The molecule has 3 N–H and O–H groups in total. The zero-order valence-electron chi connectivity index (χ0n) is 9.98. The molecule has 0 aliphatic carbocycles. The molecule has 94 valence electrons. The van der Waals surface area contributed by atoms with Crippen LogP contribution in [0.3, 0.4) is 0 Å². The van der Waals surface area contributed by atoms with Crippen LogP contribution < -0.4 is 5.32 Å². The van der Waals surface area contributed by atoms with Gasteiger partial charge in [-0.3, -0.25) is 4.79 Å². The molecule has 16 heavy (non-hydrogen) atoms. The first kappa shape index (κ1) is 13.6. The van der Waals surface area contributed by atoms with E-state index in [9.17, 15) is 9.90 Å². The fourth-order valence-corrected chi connectivity index (χ4v) is 2.19. The van der Waals surface area contributed by atoms with Gasteiger partial charge in [0.05, 0.1) is 18.8 Å². The summed E-state index contributed by atoms with van der Waals surface area (Å²) < 4.78 is 0. The number of ketones is 1. The number of carbonyl (C=O) groups excluding carboxylic acids is 1. The van der Waals surface area contributed by atoms with Gasteiger partial charge in [0.15, 0.2) is 0 Å². The van der Waals surface area contributed by atoms with Gasteiger partial charge in [0.25, 0.3) is 0 Å². The monoisotopic (exact) mass is 229 g/mol. The minimum atomic E-state index is -0.755. The van der Waals surface area contributed by atoms with Crippen molar-refractivity contribution in [2.45, 2.75) is 51.2 Å². The number of carbonyl (C=O) groups is 1. The Balaban J connectivity index is 2.30. The fraction of sp³-hybridized carbons (Fsp3) is 0.917. The normalized spacial score (nSPS) is 27.7. The van der Waals surface area contributed by atoms with Crippen molar-refractivity contribution >= 4 is 5.78 Å². The molecular formula is C12H23NO3. The molecule has 4 nitrogen and oxygen atoms in total. The van der Waals surface area contributed by atoms with Crippen molar-refractivity contribution in [1.82, 2.24) is 5.32 Å². The van der Waals surface area contributed by atoms with E-state index in [4.69, 9.17) is 5.11 Å². The van der Waals surface area contributed by atoms with Crippen LogP contribution in [-0.2, 0) is 4.79 Å². The average molecular weight is 229 g/mol. The largest absolute Gasteiger partial charge is 0.394 e. The van der Waals surface area contributed by atoms with Gasteiger partial charge in [-0.2, -0.15) is 0 Å². The number of nitrogens with one attached hydrogen (secondary N) is 1. The van der Waals surface area contributed by atoms with Gasteiger partial charge in [0.1, 0.15) is 5.78 Å². The standard InChI is InChI=1S/C12H23NO3/c1-2-9-5-6-13-11(7-9)12(16)4-3-10(15)8-14/h9-11,13-15H,2-8H2,1H3. The van der Waals surface area contributed by atoms with Crippen LogP contribution in [0.25, 0.3) is 0 Å². The number of Topliss-reactive ketones (excluding diaryl/α,β-unsaturated/α-hetero) is 1. The molecule has 4 heteroatoms. The van der Waals surface area contributed by atoms with E-state index in [0.29, 0.717) is 18.8 Å². The van der Waals surface area contributed by atoms with Gasteiger partial charge in [-0.1, -0.05) is 13.3 Å². The highest BCUT2D eigenvalue weighted by atomic mass is 16.3. The van der Waals surface area contributed by atoms with Gasteiger partial charge in [-0.05, 0) is 31.7 Å². The van der Waals surface area contributed by atoms with Crippen LogP contribution >= 0.6 is 0 Å². The summed E-state index contributed by atoms with van der Waals surface area (Å²) in [5, 5.41) is 21.1. The van der Waals surface area contributed by atoms with Gasteiger partial charge < -0.3 is 15.5 Å². The van der Waals surface area contributed by atoms with Crippen molar-refractivity contribution in [3.8, 4) is 0 Å². The fourth-order valence-electron chi connectivity index (χ4n) is 2.19. The highest BCUT2D eigenvalue weighted by Crippen LogP contribution is 2.20. The van der Waals surface area contributed by atoms with Crippen molar-refractivity contribution in [2.75, 3.05) is 13.2 Å². The van der Waals surface area contributed by atoms with Crippen molar-refractivity contribution < 1.29 is 15.0 Å². The van der Waals surface area contributed by atoms with Crippen LogP contribution in [0.2, 0.25) is 0 Å². The quantitative estimate of drug-likeness (QED) is 0.619. The third kappa shape index (κ3) is 4.20. The Bertz CT molecular complexity index is 220. The maximum Gasteiger partial charge on any atom is 0.149 e. The van der Waals surface area contributed by atoms with E-state index < -0.39 is 6.10 Å². The van der Waals surface area contributed by atoms with Crippen molar-refractivity contribution in [2.24, 2.45) is 5.92 Å². The lowest BCUT2D eigenvalue weighted by molar-refractivity contribution is -0.122. The molecule has 0 amide bonds. The maximum absolute atomic E-state index is 11.8. The predicted octanol–water partition coefficient (Wildman–Crippen LogP) is 0.467. The van der Waals surface area contributed by atoms with Crippen LogP contribution in [-0.4, -0.2) is 41.3 Å². The summed E-state index contributed by atoms with van der Waals surface area (Å²) >= 11 is 0.